The molecule has 1 aliphatic heterocycles. The fourth-order valence-electron chi connectivity index (χ4n) is 3.24. The molecule has 2 atom stereocenters. The van der Waals surface area contributed by atoms with Crippen molar-refractivity contribution >= 4 is 17.5 Å². The van der Waals surface area contributed by atoms with Gasteiger partial charge in [-0.25, -0.2) is 0 Å². The molecule has 2 aromatic rings. The number of carbonyl (C=O) groups excluding carboxylic acids is 2. The normalized spacial score (nSPS) is 17.8. The minimum Gasteiger partial charge on any atom is -0.494 e. The van der Waals surface area contributed by atoms with E-state index >= 15 is 0 Å². The molecule has 0 radical (unpaired) electrons. The Morgan fingerprint density at radius 2 is 1.88 bits per heavy atom. The molecule has 1 heterocycles. The quantitative estimate of drug-likeness (QED) is 0.864. The predicted octanol–water partition coefficient (Wildman–Crippen LogP) is 3.63. The van der Waals surface area contributed by atoms with Crippen LogP contribution in [0.4, 0.5) is 5.69 Å². The number of ether oxygens (including phenoxy) is 1. The number of likely N-dealkylation sites (tertiary alicyclic amines) is 1. The van der Waals surface area contributed by atoms with Gasteiger partial charge in [-0.2, -0.15) is 0 Å². The van der Waals surface area contributed by atoms with E-state index in [1.165, 1.54) is 0 Å². The number of nitrogens with one attached hydrogen (secondary N) is 1. The molecule has 0 aliphatic carbocycles. The zero-order chi connectivity index (χ0) is 18.5. The molecule has 2 amide bonds. The molecule has 5 nitrogen and oxygen atoms in total. The summed E-state index contributed by atoms with van der Waals surface area (Å²) in [6.45, 7) is 4.97. The minimum atomic E-state index is -0.333. The molecule has 3 rings (SSSR count). The highest BCUT2D eigenvalue weighted by Crippen LogP contribution is 2.29. The van der Waals surface area contributed by atoms with E-state index in [0.29, 0.717) is 18.8 Å². The van der Waals surface area contributed by atoms with Crippen LogP contribution in [-0.4, -0.2) is 29.9 Å². The molecule has 1 N–H and O–H groups in total. The van der Waals surface area contributed by atoms with Gasteiger partial charge in [-0.05, 0) is 43.7 Å². The van der Waals surface area contributed by atoms with Crippen LogP contribution in [0.15, 0.2) is 54.6 Å². The molecule has 1 fully saturated rings. The van der Waals surface area contributed by atoms with Crippen molar-refractivity contribution in [2.24, 2.45) is 5.92 Å². The zero-order valence-corrected chi connectivity index (χ0v) is 15.1. The number of hydrogen-bond acceptors (Lipinski definition) is 3. The molecule has 0 aromatic heterocycles. The molecule has 5 heteroatoms. The van der Waals surface area contributed by atoms with E-state index in [0.717, 1.165) is 11.3 Å². The third kappa shape index (κ3) is 4.04. The molecule has 0 spiro atoms. The van der Waals surface area contributed by atoms with Crippen molar-refractivity contribution in [2.45, 2.75) is 26.3 Å². The van der Waals surface area contributed by atoms with Crippen LogP contribution in [0.3, 0.4) is 0 Å². The monoisotopic (exact) mass is 352 g/mol. The highest BCUT2D eigenvalue weighted by Gasteiger charge is 2.36. The van der Waals surface area contributed by atoms with E-state index in [1.807, 2.05) is 68.4 Å². The third-order valence-corrected chi connectivity index (χ3v) is 4.71. The van der Waals surface area contributed by atoms with Crippen molar-refractivity contribution in [3.05, 3.63) is 60.2 Å². The Bertz CT molecular complexity index is 759. The van der Waals surface area contributed by atoms with Gasteiger partial charge in [-0.1, -0.05) is 30.3 Å². The average Bonchev–Trinajstić information content (AvgIpc) is 3.05. The van der Waals surface area contributed by atoms with Crippen molar-refractivity contribution in [2.75, 3.05) is 18.5 Å². The largest absolute Gasteiger partial charge is 0.494 e. The first-order valence-corrected chi connectivity index (χ1v) is 8.96. The topological polar surface area (TPSA) is 58.6 Å². The summed E-state index contributed by atoms with van der Waals surface area (Å²) in [5, 5.41) is 2.90. The second-order valence-corrected chi connectivity index (χ2v) is 6.48. The fraction of sp³-hybridized carbons (Fsp3) is 0.333. The lowest BCUT2D eigenvalue weighted by atomic mass is 10.1. The first-order valence-electron chi connectivity index (χ1n) is 8.96. The summed E-state index contributed by atoms with van der Waals surface area (Å²) in [7, 11) is 0. The van der Waals surface area contributed by atoms with Gasteiger partial charge in [0, 0.05) is 18.7 Å². The molecule has 0 bridgehead atoms. The SMILES string of the molecule is CCOc1ccc(NC(=O)[C@@H]2CC(=O)N([C@H](C)c3ccccc3)C2)cc1. The number of nitrogens with zero attached hydrogens (tertiary/aromatic N) is 1. The van der Waals surface area contributed by atoms with Crippen LogP contribution in [0.1, 0.15) is 31.9 Å². The van der Waals surface area contributed by atoms with E-state index in [2.05, 4.69) is 5.32 Å². The van der Waals surface area contributed by atoms with Gasteiger partial charge in [0.05, 0.1) is 18.6 Å². The summed E-state index contributed by atoms with van der Waals surface area (Å²) in [5.74, 6) is 0.336. The number of benzene rings is 2. The smallest absolute Gasteiger partial charge is 0.229 e. The number of carbonyl (C=O) groups is 2. The highest BCUT2D eigenvalue weighted by atomic mass is 16.5. The van der Waals surface area contributed by atoms with E-state index in [-0.39, 0.29) is 30.2 Å². The maximum absolute atomic E-state index is 12.6. The van der Waals surface area contributed by atoms with E-state index < -0.39 is 0 Å². The maximum Gasteiger partial charge on any atom is 0.229 e. The molecule has 0 unspecified atom stereocenters. The van der Waals surface area contributed by atoms with Gasteiger partial charge in [-0.3, -0.25) is 9.59 Å². The number of amides is 2. The highest BCUT2D eigenvalue weighted by molar-refractivity contribution is 5.97. The number of rotatable bonds is 6. The summed E-state index contributed by atoms with van der Waals surface area (Å²) >= 11 is 0. The van der Waals surface area contributed by atoms with Crippen LogP contribution >= 0.6 is 0 Å². The molecule has 26 heavy (non-hydrogen) atoms. The molecule has 136 valence electrons. The molecule has 0 saturated carbocycles. The first-order chi connectivity index (χ1) is 12.6. The third-order valence-electron chi connectivity index (χ3n) is 4.71. The van der Waals surface area contributed by atoms with Crippen molar-refractivity contribution < 1.29 is 14.3 Å². The van der Waals surface area contributed by atoms with Gasteiger partial charge in [0.15, 0.2) is 0 Å². The Labute approximate surface area is 154 Å². The lowest BCUT2D eigenvalue weighted by Crippen LogP contribution is -2.30. The van der Waals surface area contributed by atoms with Crippen molar-refractivity contribution in [3.8, 4) is 5.75 Å². The molecular weight excluding hydrogens is 328 g/mol. The summed E-state index contributed by atoms with van der Waals surface area (Å²) in [6.07, 6.45) is 0.250. The van der Waals surface area contributed by atoms with Gasteiger partial charge in [0.25, 0.3) is 0 Å². The minimum absolute atomic E-state index is 0.0215. The Morgan fingerprint density at radius 3 is 2.54 bits per heavy atom. The summed E-state index contributed by atoms with van der Waals surface area (Å²) in [5.41, 5.74) is 1.79. The van der Waals surface area contributed by atoms with Crippen molar-refractivity contribution in [3.63, 3.8) is 0 Å². The standard InChI is InChI=1S/C21H24N2O3/c1-3-26-19-11-9-18(10-12-19)22-21(25)17-13-20(24)23(14-17)15(2)16-7-5-4-6-8-16/h4-12,15,17H,3,13-14H2,1-2H3,(H,22,25)/t15-,17-/m1/s1. The second-order valence-electron chi connectivity index (χ2n) is 6.48. The van der Waals surface area contributed by atoms with Crippen LogP contribution in [0.25, 0.3) is 0 Å². The molecule has 2 aromatic carbocycles. The summed E-state index contributed by atoms with van der Waals surface area (Å²) < 4.78 is 5.40. The molecular formula is C21H24N2O3. The Morgan fingerprint density at radius 1 is 1.19 bits per heavy atom. The predicted molar refractivity (Wildman–Crippen MR) is 101 cm³/mol. The Hall–Kier alpha value is -2.82. The van der Waals surface area contributed by atoms with E-state index in [9.17, 15) is 9.59 Å². The van der Waals surface area contributed by atoms with Crippen molar-refractivity contribution in [1.82, 2.24) is 4.90 Å². The maximum atomic E-state index is 12.6. The molecule has 1 saturated heterocycles. The van der Waals surface area contributed by atoms with E-state index in [1.54, 1.807) is 4.90 Å². The average molecular weight is 352 g/mol. The van der Waals surface area contributed by atoms with Crippen molar-refractivity contribution in [1.29, 1.82) is 0 Å². The van der Waals surface area contributed by atoms with Crippen LogP contribution in [-0.2, 0) is 9.59 Å². The molecule has 1 aliphatic rings. The zero-order valence-electron chi connectivity index (χ0n) is 15.1. The van der Waals surface area contributed by atoms with E-state index in [4.69, 9.17) is 4.74 Å². The van der Waals surface area contributed by atoms with Crippen LogP contribution < -0.4 is 10.1 Å². The summed E-state index contributed by atoms with van der Waals surface area (Å²) in [4.78, 5) is 26.7. The van der Waals surface area contributed by atoms with Crippen LogP contribution in [0.2, 0.25) is 0 Å². The Kier molecular flexibility index (Phi) is 5.56. The second kappa shape index (κ2) is 8.04. The van der Waals surface area contributed by atoms with Crippen LogP contribution in [0, 0.1) is 5.92 Å². The summed E-state index contributed by atoms with van der Waals surface area (Å²) in [6, 6.07) is 17.1. The van der Waals surface area contributed by atoms with Crippen LogP contribution in [0.5, 0.6) is 5.75 Å². The van der Waals surface area contributed by atoms with Gasteiger partial charge in [-0.15, -0.1) is 0 Å². The Balaban J connectivity index is 1.61. The first kappa shape index (κ1) is 18.0. The number of hydrogen-bond donors (Lipinski definition) is 1. The lowest BCUT2D eigenvalue weighted by molar-refractivity contribution is -0.129. The van der Waals surface area contributed by atoms with Gasteiger partial charge in [0.2, 0.25) is 11.8 Å². The van der Waals surface area contributed by atoms with Gasteiger partial charge >= 0.3 is 0 Å². The lowest BCUT2D eigenvalue weighted by Gasteiger charge is -2.25. The van der Waals surface area contributed by atoms with Gasteiger partial charge in [0.1, 0.15) is 5.75 Å². The fourth-order valence-corrected chi connectivity index (χ4v) is 3.24. The van der Waals surface area contributed by atoms with Gasteiger partial charge < -0.3 is 15.0 Å². The number of anilines is 1.